The summed E-state index contributed by atoms with van der Waals surface area (Å²) in [5.74, 6) is 0.849. The molecule has 1 saturated heterocycles. The predicted molar refractivity (Wildman–Crippen MR) is 135 cm³/mol. The van der Waals surface area contributed by atoms with Gasteiger partial charge in [0.2, 0.25) is 0 Å². The summed E-state index contributed by atoms with van der Waals surface area (Å²) in [5, 5.41) is 33.1. The van der Waals surface area contributed by atoms with Crippen molar-refractivity contribution < 1.29 is 24.9 Å². The zero-order valence-electron chi connectivity index (χ0n) is 22.1. The van der Waals surface area contributed by atoms with E-state index in [1.54, 1.807) is 7.05 Å². The monoisotopic (exact) mass is 489 g/mol. The van der Waals surface area contributed by atoms with Gasteiger partial charge in [-0.15, -0.1) is 0 Å². The minimum absolute atomic E-state index is 0.0146. The number of Topliss-reactive ketones (excluding diaryl/α,β-unsaturated/α-hetero) is 1. The number of ether oxygens (including phenoxy) is 1. The van der Waals surface area contributed by atoms with Crippen LogP contribution in [-0.2, 0) is 22.2 Å². The lowest BCUT2D eigenvalue weighted by Gasteiger charge is -2.39. The number of aromatic nitrogens is 1. The van der Waals surface area contributed by atoms with Crippen molar-refractivity contribution >= 4 is 5.78 Å². The highest BCUT2D eigenvalue weighted by Gasteiger charge is 2.46. The van der Waals surface area contributed by atoms with Gasteiger partial charge in [0, 0.05) is 31.6 Å². The number of aliphatic hydroxyl groups excluding tert-OH is 1. The van der Waals surface area contributed by atoms with Crippen LogP contribution in [0.25, 0.3) is 0 Å². The summed E-state index contributed by atoms with van der Waals surface area (Å²) >= 11 is 0. The molecule has 0 radical (unpaired) electrons. The Hall–Kier alpha value is -1.96. The van der Waals surface area contributed by atoms with Crippen LogP contribution in [-0.4, -0.2) is 37.9 Å². The highest BCUT2D eigenvalue weighted by atomic mass is 16.5. The lowest BCUT2D eigenvalue weighted by Crippen LogP contribution is -2.46. The van der Waals surface area contributed by atoms with E-state index < -0.39 is 17.8 Å². The van der Waals surface area contributed by atoms with Crippen LogP contribution in [0.2, 0.25) is 0 Å². The van der Waals surface area contributed by atoms with Crippen LogP contribution in [0.5, 0.6) is 5.75 Å². The van der Waals surface area contributed by atoms with Crippen LogP contribution in [0.1, 0.15) is 96.8 Å². The summed E-state index contributed by atoms with van der Waals surface area (Å²) in [4.78, 5) is 24.9. The first-order chi connectivity index (χ1) is 16.4. The molecule has 0 bridgehead atoms. The molecular formula is C28H43NO6. The summed E-state index contributed by atoms with van der Waals surface area (Å²) in [6.45, 7) is 10.9. The van der Waals surface area contributed by atoms with Gasteiger partial charge in [0.15, 0.2) is 0 Å². The quantitative estimate of drug-likeness (QED) is 0.494. The number of ketones is 1. The second kappa shape index (κ2) is 11.0. The van der Waals surface area contributed by atoms with Gasteiger partial charge in [-0.1, -0.05) is 40.2 Å². The van der Waals surface area contributed by atoms with Gasteiger partial charge in [-0.3, -0.25) is 9.59 Å². The minimum Gasteiger partial charge on any atom is -0.507 e. The number of aromatic hydroxyl groups is 1. The van der Waals surface area contributed by atoms with Crippen molar-refractivity contribution in [1.82, 2.24) is 4.57 Å². The molecule has 1 aromatic rings. The van der Waals surface area contributed by atoms with Gasteiger partial charge in [0.25, 0.3) is 5.56 Å². The number of carbonyl (C=O) groups is 1. The first-order valence-electron chi connectivity index (χ1n) is 13.1. The molecule has 0 unspecified atom stereocenters. The highest BCUT2D eigenvalue weighted by Crippen LogP contribution is 2.45. The van der Waals surface area contributed by atoms with Gasteiger partial charge in [0.05, 0.1) is 23.9 Å². The maximum atomic E-state index is 13.2. The number of carbonyl (C=O) groups excluding carboxylic acids is 1. The van der Waals surface area contributed by atoms with E-state index in [-0.39, 0.29) is 59.5 Å². The molecule has 2 heterocycles. The van der Waals surface area contributed by atoms with Gasteiger partial charge in [0.1, 0.15) is 17.1 Å². The number of hydrogen-bond acceptors (Lipinski definition) is 6. The Morgan fingerprint density at radius 3 is 2.63 bits per heavy atom. The van der Waals surface area contributed by atoms with E-state index in [2.05, 4.69) is 40.7 Å². The van der Waals surface area contributed by atoms with Gasteiger partial charge < -0.3 is 24.6 Å². The largest absolute Gasteiger partial charge is 0.507 e. The molecular weight excluding hydrogens is 446 g/mol. The van der Waals surface area contributed by atoms with Crippen LogP contribution >= 0.6 is 0 Å². The average molecular weight is 490 g/mol. The lowest BCUT2D eigenvalue weighted by molar-refractivity contribution is -0.143. The van der Waals surface area contributed by atoms with E-state index in [1.807, 2.05) is 0 Å². The van der Waals surface area contributed by atoms with E-state index in [4.69, 9.17) is 4.74 Å². The molecule has 3 N–H and O–H groups in total. The van der Waals surface area contributed by atoms with E-state index in [1.165, 1.54) is 10.8 Å². The van der Waals surface area contributed by atoms with Crippen LogP contribution in [0, 0.1) is 17.8 Å². The lowest BCUT2D eigenvalue weighted by atomic mass is 9.76. The molecule has 0 spiro atoms. The Labute approximate surface area is 208 Å². The highest BCUT2D eigenvalue weighted by molar-refractivity contribution is 5.80. The number of aliphatic hydroxyl groups is 2. The third kappa shape index (κ3) is 5.73. The van der Waals surface area contributed by atoms with Gasteiger partial charge in [-0.05, 0) is 55.9 Å². The van der Waals surface area contributed by atoms with E-state index in [0.29, 0.717) is 18.3 Å². The van der Waals surface area contributed by atoms with E-state index >= 15 is 0 Å². The predicted octanol–water partition coefficient (Wildman–Crippen LogP) is 4.27. The Morgan fingerprint density at radius 2 is 2.00 bits per heavy atom. The van der Waals surface area contributed by atoms with Crippen molar-refractivity contribution in [3.05, 3.63) is 39.3 Å². The fraction of sp³-hybridized carbons (Fsp3) is 0.714. The van der Waals surface area contributed by atoms with Crippen LogP contribution in [0.15, 0.2) is 22.6 Å². The second-order valence-electron chi connectivity index (χ2n) is 11.1. The Kier molecular flexibility index (Phi) is 8.66. The molecule has 7 atom stereocenters. The molecule has 1 aliphatic carbocycles. The maximum Gasteiger partial charge on any atom is 0.259 e. The molecule has 0 aromatic carbocycles. The van der Waals surface area contributed by atoms with Crippen molar-refractivity contribution in [1.29, 1.82) is 0 Å². The third-order valence-electron chi connectivity index (χ3n) is 8.11. The van der Waals surface area contributed by atoms with E-state index in [0.717, 1.165) is 24.8 Å². The summed E-state index contributed by atoms with van der Waals surface area (Å²) in [6, 6.07) is 0. The summed E-state index contributed by atoms with van der Waals surface area (Å²) < 4.78 is 7.79. The normalized spacial score (nSPS) is 31.9. The van der Waals surface area contributed by atoms with Crippen molar-refractivity contribution in [3.8, 4) is 5.75 Å². The molecule has 196 valence electrons. The average Bonchev–Trinajstić information content (AvgIpc) is 2.79. The number of pyridine rings is 1. The smallest absolute Gasteiger partial charge is 0.259 e. The molecule has 2 fully saturated rings. The number of allylic oxidation sites excluding steroid dienone is 1. The van der Waals surface area contributed by atoms with E-state index in [9.17, 15) is 24.9 Å². The zero-order valence-corrected chi connectivity index (χ0v) is 22.1. The molecule has 2 aliphatic rings. The fourth-order valence-electron chi connectivity index (χ4n) is 5.78. The molecule has 1 aromatic heterocycles. The molecule has 3 rings (SSSR count). The molecule has 0 amide bonds. The van der Waals surface area contributed by atoms with Gasteiger partial charge >= 0.3 is 0 Å². The SMILES string of the molecule is CC[C@H](C)C[C@@H](C)C=C(C)[C@@H]1O[C@H](c2c(O)c([C@@]3(O)CCC(=O)C[C@@H]3O)cn(C)c2=O)CC[C@H]1C. The Bertz CT molecular complexity index is 1010. The Morgan fingerprint density at radius 1 is 1.31 bits per heavy atom. The Balaban J connectivity index is 1.95. The summed E-state index contributed by atoms with van der Waals surface area (Å²) in [5.41, 5.74) is -0.879. The molecule has 7 nitrogen and oxygen atoms in total. The topological polar surface area (TPSA) is 109 Å². The number of hydrogen-bond donors (Lipinski definition) is 3. The van der Waals surface area contributed by atoms with Crippen molar-refractivity contribution in [2.24, 2.45) is 24.8 Å². The minimum atomic E-state index is -1.80. The van der Waals surface area contributed by atoms with Gasteiger partial charge in [-0.25, -0.2) is 0 Å². The number of nitrogens with zero attached hydrogens (tertiary/aromatic N) is 1. The number of rotatable bonds is 7. The first-order valence-corrected chi connectivity index (χ1v) is 13.1. The number of aryl methyl sites for hydroxylation is 1. The van der Waals surface area contributed by atoms with Crippen molar-refractivity contribution in [2.75, 3.05) is 0 Å². The first kappa shape index (κ1) is 27.6. The molecule has 35 heavy (non-hydrogen) atoms. The third-order valence-corrected chi connectivity index (χ3v) is 8.11. The van der Waals surface area contributed by atoms with Crippen molar-refractivity contribution in [2.45, 2.75) is 103 Å². The van der Waals surface area contributed by atoms with Crippen molar-refractivity contribution in [3.63, 3.8) is 0 Å². The zero-order chi connectivity index (χ0) is 26.1. The van der Waals surface area contributed by atoms with Crippen LogP contribution in [0.4, 0.5) is 0 Å². The maximum absolute atomic E-state index is 13.2. The second-order valence-corrected chi connectivity index (χ2v) is 11.1. The molecule has 7 heteroatoms. The van der Waals surface area contributed by atoms with Crippen LogP contribution in [0.3, 0.4) is 0 Å². The fourth-order valence-corrected chi connectivity index (χ4v) is 5.78. The molecule has 1 saturated carbocycles. The molecule has 1 aliphatic heterocycles. The van der Waals surface area contributed by atoms with Crippen LogP contribution < -0.4 is 5.56 Å². The summed E-state index contributed by atoms with van der Waals surface area (Å²) in [7, 11) is 1.56. The van der Waals surface area contributed by atoms with Gasteiger partial charge in [-0.2, -0.15) is 0 Å². The standard InChI is InChI=1S/C28H43NO6/c1-7-16(2)12-17(3)13-19(5)26-18(4)8-9-22(35-26)24-25(32)21(15-29(6)27(24)33)28(34)11-10-20(30)14-23(28)31/h13,15-18,22-23,26,31-32,34H,7-12,14H2,1-6H3/t16-,17+,18+,22-,23-,26+,28-/m0/s1. The summed E-state index contributed by atoms with van der Waals surface area (Å²) in [6.07, 6.45) is 5.01.